The molecule has 1 aromatic heterocycles. The van der Waals surface area contributed by atoms with Crippen LogP contribution in [0.15, 0.2) is 28.8 Å². The molecule has 2 aromatic rings. The molecule has 0 saturated heterocycles. The van der Waals surface area contributed by atoms with E-state index in [2.05, 4.69) is 16.5 Å². The van der Waals surface area contributed by atoms with Gasteiger partial charge < -0.3 is 9.84 Å². The second-order valence-corrected chi connectivity index (χ2v) is 7.56. The number of thioether (sulfide) groups is 2. The van der Waals surface area contributed by atoms with E-state index in [-0.39, 0.29) is 5.91 Å². The third-order valence-corrected chi connectivity index (χ3v) is 5.59. The summed E-state index contributed by atoms with van der Waals surface area (Å²) in [5.74, 6) is 3.61. The lowest BCUT2D eigenvalue weighted by molar-refractivity contribution is -0.118. The third-order valence-electron chi connectivity index (χ3n) is 3.62. The van der Waals surface area contributed by atoms with Gasteiger partial charge in [0.2, 0.25) is 5.91 Å². The van der Waals surface area contributed by atoms with Crippen LogP contribution in [0.1, 0.15) is 28.1 Å². The highest BCUT2D eigenvalue weighted by Gasteiger charge is 2.10. The Morgan fingerprint density at radius 1 is 1.28 bits per heavy atom. The molecule has 0 radical (unpaired) electrons. The molecule has 7 heteroatoms. The number of carbonyl (C=O) groups excluding carboxylic acids is 1. The van der Waals surface area contributed by atoms with Crippen LogP contribution < -0.4 is 5.32 Å². The minimum absolute atomic E-state index is 0.0368. The van der Waals surface area contributed by atoms with Gasteiger partial charge in [-0.2, -0.15) is 17.0 Å². The van der Waals surface area contributed by atoms with Crippen LogP contribution in [0.25, 0.3) is 0 Å². The van der Waals surface area contributed by atoms with Crippen molar-refractivity contribution in [1.82, 2.24) is 10.5 Å². The third kappa shape index (κ3) is 6.15. The molecule has 1 N–H and O–H groups in total. The molecule has 0 fully saturated rings. The fourth-order valence-corrected chi connectivity index (χ4v) is 4.07. The van der Waals surface area contributed by atoms with Crippen molar-refractivity contribution in [3.05, 3.63) is 52.4 Å². The van der Waals surface area contributed by atoms with Gasteiger partial charge in [-0.25, -0.2) is 0 Å². The van der Waals surface area contributed by atoms with E-state index >= 15 is 0 Å². The van der Waals surface area contributed by atoms with Crippen molar-refractivity contribution in [2.75, 3.05) is 18.1 Å². The fraction of sp³-hybridized carbons (Fsp3) is 0.389. The van der Waals surface area contributed by atoms with Crippen molar-refractivity contribution in [3.63, 3.8) is 0 Å². The first kappa shape index (κ1) is 19.4. The molecule has 132 valence electrons. The Balaban J connectivity index is 1.59. The predicted molar refractivity (Wildman–Crippen MR) is 102 cm³/mol. The number of aryl methyl sites for hydroxylation is 2. The number of carbonyl (C=O) groups is 1. The van der Waals surface area contributed by atoms with E-state index < -0.39 is 0 Å². The number of benzene rings is 1. The lowest BCUT2D eigenvalue weighted by Gasteiger charge is -2.06. The zero-order valence-corrected chi connectivity index (χ0v) is 16.0. The molecule has 0 aliphatic heterocycles. The standard InChI is InChI=1S/C18H21N3O2S2/c1-13-17(14(2)23-21-13)11-25-12-18(22)20-7-8-24-10-16-6-4-3-5-15(16)9-19/h3-6H,7-8,10-12H2,1-2H3,(H,20,22). The molecule has 0 aliphatic carbocycles. The summed E-state index contributed by atoms with van der Waals surface area (Å²) in [6.07, 6.45) is 0. The van der Waals surface area contributed by atoms with Gasteiger partial charge in [0.1, 0.15) is 5.76 Å². The van der Waals surface area contributed by atoms with E-state index in [9.17, 15) is 4.79 Å². The molecule has 0 bridgehead atoms. The van der Waals surface area contributed by atoms with Crippen molar-refractivity contribution < 1.29 is 9.32 Å². The highest BCUT2D eigenvalue weighted by molar-refractivity contribution is 7.99. The highest BCUT2D eigenvalue weighted by atomic mass is 32.2. The fourth-order valence-electron chi connectivity index (χ4n) is 2.20. The molecule has 1 aromatic carbocycles. The summed E-state index contributed by atoms with van der Waals surface area (Å²) in [6.45, 7) is 4.43. The normalized spacial score (nSPS) is 10.4. The van der Waals surface area contributed by atoms with Crippen molar-refractivity contribution in [2.24, 2.45) is 0 Å². The Kier molecular flexibility index (Phi) is 7.89. The number of hydrogen-bond acceptors (Lipinski definition) is 6. The van der Waals surface area contributed by atoms with Gasteiger partial charge in [0.25, 0.3) is 0 Å². The summed E-state index contributed by atoms with van der Waals surface area (Å²) in [4.78, 5) is 11.9. The molecule has 5 nitrogen and oxygen atoms in total. The largest absolute Gasteiger partial charge is 0.361 e. The number of nitrogens with zero attached hydrogens (tertiary/aromatic N) is 2. The second-order valence-electron chi connectivity index (χ2n) is 5.47. The second kappa shape index (κ2) is 10.2. The summed E-state index contributed by atoms with van der Waals surface area (Å²) < 4.78 is 5.11. The van der Waals surface area contributed by atoms with Gasteiger partial charge in [-0.15, -0.1) is 11.8 Å². The lowest BCUT2D eigenvalue weighted by Crippen LogP contribution is -2.27. The molecule has 2 rings (SSSR count). The minimum Gasteiger partial charge on any atom is -0.361 e. The molecule has 0 aliphatic rings. The highest BCUT2D eigenvalue weighted by Crippen LogP contribution is 2.19. The van der Waals surface area contributed by atoms with Crippen molar-refractivity contribution in [2.45, 2.75) is 25.4 Å². The molecule has 0 saturated carbocycles. The summed E-state index contributed by atoms with van der Waals surface area (Å²) in [6, 6.07) is 9.80. The summed E-state index contributed by atoms with van der Waals surface area (Å²) in [5, 5.41) is 15.9. The average molecular weight is 376 g/mol. The summed E-state index contributed by atoms with van der Waals surface area (Å²) in [7, 11) is 0. The van der Waals surface area contributed by atoms with Gasteiger partial charge in [-0.3, -0.25) is 4.79 Å². The Morgan fingerprint density at radius 2 is 2.08 bits per heavy atom. The van der Waals surface area contributed by atoms with E-state index in [1.807, 2.05) is 38.1 Å². The number of nitriles is 1. The average Bonchev–Trinajstić information content (AvgIpc) is 2.93. The van der Waals surface area contributed by atoms with Gasteiger partial charge in [0.15, 0.2) is 0 Å². The number of nitrogens with one attached hydrogen (secondary N) is 1. The van der Waals surface area contributed by atoms with Gasteiger partial charge in [0.05, 0.1) is 23.1 Å². The van der Waals surface area contributed by atoms with Gasteiger partial charge >= 0.3 is 0 Å². The SMILES string of the molecule is Cc1noc(C)c1CSCC(=O)NCCSCc1ccccc1C#N. The van der Waals surface area contributed by atoms with Crippen LogP contribution in [-0.2, 0) is 16.3 Å². The molecule has 0 spiro atoms. The lowest BCUT2D eigenvalue weighted by atomic mass is 10.1. The predicted octanol–water partition coefficient (Wildman–Crippen LogP) is 3.45. The van der Waals surface area contributed by atoms with Crippen molar-refractivity contribution in [1.29, 1.82) is 5.26 Å². The monoisotopic (exact) mass is 375 g/mol. The van der Waals surface area contributed by atoms with Crippen LogP contribution in [0.2, 0.25) is 0 Å². The van der Waals surface area contributed by atoms with E-state index in [4.69, 9.17) is 9.78 Å². The summed E-state index contributed by atoms with van der Waals surface area (Å²) >= 11 is 3.27. The van der Waals surface area contributed by atoms with Crippen LogP contribution in [0, 0.1) is 25.2 Å². The Bertz CT molecular complexity index is 734. The van der Waals surface area contributed by atoms with Crippen molar-refractivity contribution in [3.8, 4) is 6.07 Å². The van der Waals surface area contributed by atoms with Gasteiger partial charge in [-0.1, -0.05) is 23.4 Å². The van der Waals surface area contributed by atoms with E-state index in [0.717, 1.165) is 45.4 Å². The molecule has 0 atom stereocenters. The molecule has 25 heavy (non-hydrogen) atoms. The number of aromatic nitrogens is 1. The first-order chi connectivity index (χ1) is 12.1. The van der Waals surface area contributed by atoms with Crippen LogP contribution in [-0.4, -0.2) is 29.1 Å². The first-order valence-electron chi connectivity index (χ1n) is 7.93. The first-order valence-corrected chi connectivity index (χ1v) is 10.2. The molecule has 1 amide bonds. The van der Waals surface area contributed by atoms with E-state index in [0.29, 0.717) is 12.3 Å². The topological polar surface area (TPSA) is 78.9 Å². The molecular formula is C18H21N3O2S2. The Labute approximate surface area is 156 Å². The van der Waals surface area contributed by atoms with Gasteiger partial charge in [0, 0.05) is 29.4 Å². The minimum atomic E-state index is 0.0368. The van der Waals surface area contributed by atoms with Gasteiger partial charge in [-0.05, 0) is 25.5 Å². The Hall–Kier alpha value is -1.91. The molecule has 1 heterocycles. The van der Waals surface area contributed by atoms with E-state index in [1.165, 1.54) is 0 Å². The van der Waals surface area contributed by atoms with Crippen LogP contribution in [0.3, 0.4) is 0 Å². The smallest absolute Gasteiger partial charge is 0.230 e. The number of amides is 1. The number of rotatable bonds is 9. The number of hydrogen-bond donors (Lipinski definition) is 1. The van der Waals surface area contributed by atoms with Crippen LogP contribution in [0.4, 0.5) is 0 Å². The molecular weight excluding hydrogens is 354 g/mol. The van der Waals surface area contributed by atoms with Crippen LogP contribution >= 0.6 is 23.5 Å². The van der Waals surface area contributed by atoms with E-state index in [1.54, 1.807) is 23.5 Å². The zero-order valence-electron chi connectivity index (χ0n) is 14.4. The zero-order chi connectivity index (χ0) is 18.1. The quantitative estimate of drug-likeness (QED) is 0.676. The molecule has 0 unspecified atom stereocenters. The van der Waals surface area contributed by atoms with Crippen LogP contribution in [0.5, 0.6) is 0 Å². The maximum Gasteiger partial charge on any atom is 0.230 e. The van der Waals surface area contributed by atoms with Crippen molar-refractivity contribution >= 4 is 29.4 Å². The Morgan fingerprint density at radius 3 is 2.80 bits per heavy atom. The maximum absolute atomic E-state index is 11.9. The summed E-state index contributed by atoms with van der Waals surface area (Å²) in [5.41, 5.74) is 3.72. The maximum atomic E-state index is 11.9.